The van der Waals surface area contributed by atoms with Crippen LogP contribution in [0.15, 0.2) is 18.2 Å². The number of benzene rings is 1. The lowest BCUT2D eigenvalue weighted by molar-refractivity contribution is 0.0465. The normalized spacial score (nSPS) is 17.7. The topological polar surface area (TPSA) is 35.9 Å². The Bertz CT molecular complexity index is 510. The molecule has 23 heavy (non-hydrogen) atoms. The molecule has 1 N–H and O–H groups in total. The van der Waals surface area contributed by atoms with Gasteiger partial charge in [0, 0.05) is 45.7 Å². The van der Waals surface area contributed by atoms with Gasteiger partial charge in [-0.2, -0.15) is 0 Å². The van der Waals surface area contributed by atoms with Gasteiger partial charge in [0.1, 0.15) is 18.5 Å². The van der Waals surface area contributed by atoms with Crippen LogP contribution in [-0.2, 0) is 0 Å². The lowest BCUT2D eigenvalue weighted by Gasteiger charge is -2.35. The zero-order valence-corrected chi connectivity index (χ0v) is 14.3. The number of hydrogen-bond acceptors (Lipinski definition) is 4. The summed E-state index contributed by atoms with van der Waals surface area (Å²) in [6.45, 7) is 10.1. The van der Waals surface area contributed by atoms with Crippen molar-refractivity contribution in [1.82, 2.24) is 9.80 Å². The second-order valence-electron chi connectivity index (χ2n) is 6.38. The fourth-order valence-corrected chi connectivity index (χ4v) is 2.98. The molecule has 4 nitrogen and oxygen atoms in total. The van der Waals surface area contributed by atoms with Crippen LogP contribution in [0.5, 0.6) is 5.75 Å². The van der Waals surface area contributed by atoms with Crippen molar-refractivity contribution in [2.45, 2.75) is 26.4 Å². The summed E-state index contributed by atoms with van der Waals surface area (Å²) < 4.78 is 5.74. The number of nitrogens with zero attached hydrogens (tertiary/aromatic N) is 2. The Hall–Kier alpha value is -1.54. The summed E-state index contributed by atoms with van der Waals surface area (Å²) in [5.41, 5.74) is 2.36. The van der Waals surface area contributed by atoms with E-state index in [-0.39, 0.29) is 0 Å². The van der Waals surface area contributed by atoms with Crippen LogP contribution in [0, 0.1) is 26.2 Å². The summed E-state index contributed by atoms with van der Waals surface area (Å²) in [6, 6.07) is 6.12. The molecule has 1 saturated heterocycles. The van der Waals surface area contributed by atoms with Crippen LogP contribution in [0.1, 0.15) is 17.5 Å². The highest BCUT2D eigenvalue weighted by molar-refractivity contribution is 5.32. The standard InChI is InChI=1S/C19H28N2O2/c1-4-5-6-20-7-9-21(10-8-20)14-18(22)15-23-19-12-16(2)11-17(3)13-19/h1,11-13,18,22H,5-10,14-15H2,2-3H3. The van der Waals surface area contributed by atoms with Crippen molar-refractivity contribution in [3.05, 3.63) is 29.3 Å². The summed E-state index contributed by atoms with van der Waals surface area (Å²) in [7, 11) is 0. The van der Waals surface area contributed by atoms with Crippen molar-refractivity contribution < 1.29 is 9.84 Å². The molecule has 0 aliphatic carbocycles. The molecule has 0 radical (unpaired) electrons. The zero-order chi connectivity index (χ0) is 16.7. The monoisotopic (exact) mass is 316 g/mol. The van der Waals surface area contributed by atoms with Gasteiger partial charge in [0.2, 0.25) is 0 Å². The summed E-state index contributed by atoms with van der Waals surface area (Å²) in [5.74, 6) is 3.52. The lowest BCUT2D eigenvalue weighted by Crippen LogP contribution is -2.49. The van der Waals surface area contributed by atoms with Gasteiger partial charge in [-0.1, -0.05) is 6.07 Å². The minimum atomic E-state index is -0.465. The van der Waals surface area contributed by atoms with E-state index >= 15 is 0 Å². The predicted octanol–water partition coefficient (Wildman–Crippen LogP) is 1.68. The van der Waals surface area contributed by atoms with Crippen molar-refractivity contribution in [3.63, 3.8) is 0 Å². The average Bonchev–Trinajstić information content (AvgIpc) is 2.51. The highest BCUT2D eigenvalue weighted by Gasteiger charge is 2.19. The van der Waals surface area contributed by atoms with Crippen molar-refractivity contribution in [1.29, 1.82) is 0 Å². The highest BCUT2D eigenvalue weighted by atomic mass is 16.5. The molecule has 0 bridgehead atoms. The quantitative estimate of drug-likeness (QED) is 0.777. The molecule has 0 aromatic heterocycles. The third-order valence-corrected chi connectivity index (χ3v) is 4.14. The van der Waals surface area contributed by atoms with Crippen molar-refractivity contribution in [3.8, 4) is 18.1 Å². The first kappa shape index (κ1) is 17.8. The lowest BCUT2D eigenvalue weighted by atomic mass is 10.1. The molecule has 1 unspecified atom stereocenters. The van der Waals surface area contributed by atoms with Gasteiger partial charge < -0.3 is 9.84 Å². The number of ether oxygens (including phenoxy) is 1. The van der Waals surface area contributed by atoms with Gasteiger partial charge in [0.25, 0.3) is 0 Å². The third-order valence-electron chi connectivity index (χ3n) is 4.14. The Balaban J connectivity index is 1.69. The summed E-state index contributed by atoms with van der Waals surface area (Å²) in [4.78, 5) is 4.68. The number of rotatable bonds is 7. The zero-order valence-electron chi connectivity index (χ0n) is 14.3. The largest absolute Gasteiger partial charge is 0.491 e. The second-order valence-corrected chi connectivity index (χ2v) is 6.38. The number of piperazine rings is 1. The molecule has 0 spiro atoms. The Morgan fingerprint density at radius 1 is 1.13 bits per heavy atom. The first-order valence-electron chi connectivity index (χ1n) is 8.34. The van der Waals surface area contributed by atoms with E-state index in [2.05, 4.69) is 35.6 Å². The van der Waals surface area contributed by atoms with E-state index in [4.69, 9.17) is 11.2 Å². The van der Waals surface area contributed by atoms with Gasteiger partial charge in [-0.05, 0) is 37.1 Å². The number of hydrogen-bond donors (Lipinski definition) is 1. The van der Waals surface area contributed by atoms with E-state index in [1.54, 1.807) is 0 Å². The maximum atomic E-state index is 10.2. The van der Waals surface area contributed by atoms with Crippen molar-refractivity contribution in [2.24, 2.45) is 0 Å². The van der Waals surface area contributed by atoms with E-state index in [1.165, 1.54) is 11.1 Å². The molecule has 126 valence electrons. The van der Waals surface area contributed by atoms with E-state index in [0.29, 0.717) is 13.2 Å². The number of β-amino-alcohol motifs (C(OH)–C–C–N with tert-alkyl or cyclic N) is 1. The average molecular weight is 316 g/mol. The fourth-order valence-electron chi connectivity index (χ4n) is 2.98. The molecule has 2 rings (SSSR count). The molecule has 0 amide bonds. The Morgan fingerprint density at radius 3 is 2.35 bits per heavy atom. The molecule has 1 aromatic carbocycles. The van der Waals surface area contributed by atoms with Crippen molar-refractivity contribution >= 4 is 0 Å². The molecule has 1 atom stereocenters. The van der Waals surface area contributed by atoms with E-state index in [1.807, 2.05) is 12.1 Å². The Labute approximate surface area is 140 Å². The minimum Gasteiger partial charge on any atom is -0.491 e. The molecular formula is C19H28N2O2. The first-order valence-corrected chi connectivity index (χ1v) is 8.34. The molecular weight excluding hydrogens is 288 g/mol. The van der Waals surface area contributed by atoms with Crippen LogP contribution in [0.25, 0.3) is 0 Å². The van der Waals surface area contributed by atoms with Gasteiger partial charge in [-0.25, -0.2) is 0 Å². The second kappa shape index (κ2) is 8.93. The SMILES string of the molecule is C#CCCN1CCN(CC(O)COc2cc(C)cc(C)c2)CC1. The molecule has 0 saturated carbocycles. The minimum absolute atomic E-state index is 0.334. The third kappa shape index (κ3) is 6.23. The van der Waals surface area contributed by atoms with Crippen LogP contribution < -0.4 is 4.74 Å². The van der Waals surface area contributed by atoms with Gasteiger partial charge >= 0.3 is 0 Å². The van der Waals surface area contributed by atoms with Gasteiger partial charge in [-0.3, -0.25) is 9.80 Å². The molecule has 1 fully saturated rings. The Kier molecular flexibility index (Phi) is 6.91. The van der Waals surface area contributed by atoms with E-state index in [9.17, 15) is 5.11 Å². The van der Waals surface area contributed by atoms with Gasteiger partial charge in [0.05, 0.1) is 0 Å². The van der Waals surface area contributed by atoms with Crippen LogP contribution in [0.3, 0.4) is 0 Å². The predicted molar refractivity (Wildman–Crippen MR) is 93.7 cm³/mol. The molecule has 1 heterocycles. The van der Waals surface area contributed by atoms with Crippen LogP contribution in [-0.4, -0.2) is 66.9 Å². The molecule has 1 aromatic rings. The van der Waals surface area contributed by atoms with Crippen LogP contribution in [0.4, 0.5) is 0 Å². The maximum absolute atomic E-state index is 10.2. The van der Waals surface area contributed by atoms with Crippen LogP contribution in [0.2, 0.25) is 0 Å². The molecule has 4 heteroatoms. The van der Waals surface area contributed by atoms with Crippen LogP contribution >= 0.6 is 0 Å². The van der Waals surface area contributed by atoms with Gasteiger partial charge in [0.15, 0.2) is 0 Å². The summed E-state index contributed by atoms with van der Waals surface area (Å²) in [5, 5.41) is 10.2. The molecule has 1 aliphatic heterocycles. The smallest absolute Gasteiger partial charge is 0.119 e. The molecule has 1 aliphatic rings. The van der Waals surface area contributed by atoms with Gasteiger partial charge in [-0.15, -0.1) is 12.3 Å². The summed E-state index contributed by atoms with van der Waals surface area (Å²) in [6.07, 6.45) is 5.65. The first-order chi connectivity index (χ1) is 11.1. The maximum Gasteiger partial charge on any atom is 0.119 e. The Morgan fingerprint density at radius 2 is 1.74 bits per heavy atom. The summed E-state index contributed by atoms with van der Waals surface area (Å²) >= 11 is 0. The number of terminal acetylenes is 1. The van der Waals surface area contributed by atoms with E-state index < -0.39 is 6.10 Å². The van der Waals surface area contributed by atoms with Crippen molar-refractivity contribution in [2.75, 3.05) is 45.9 Å². The number of aliphatic hydroxyl groups excluding tert-OH is 1. The number of aryl methyl sites for hydroxylation is 2. The fraction of sp³-hybridized carbons (Fsp3) is 0.579. The number of aliphatic hydroxyl groups is 1. The highest BCUT2D eigenvalue weighted by Crippen LogP contribution is 2.16. The van der Waals surface area contributed by atoms with E-state index in [0.717, 1.165) is 44.9 Å².